The van der Waals surface area contributed by atoms with Gasteiger partial charge in [0.25, 0.3) is 0 Å². The summed E-state index contributed by atoms with van der Waals surface area (Å²) < 4.78 is 35.1. The van der Waals surface area contributed by atoms with Crippen LogP contribution in [0.25, 0.3) is 22.2 Å². The van der Waals surface area contributed by atoms with Crippen LogP contribution in [-0.2, 0) is 4.74 Å². The maximum Gasteiger partial charge on any atom is 0.157 e. The largest absolute Gasteiger partial charge is 0.358 e. The predicted molar refractivity (Wildman–Crippen MR) is 97.8 cm³/mol. The molecule has 0 bridgehead atoms. The van der Waals surface area contributed by atoms with Crippen molar-refractivity contribution in [2.45, 2.75) is 6.23 Å². The molecule has 0 radical (unpaired) electrons. The molecule has 2 aromatic carbocycles. The summed E-state index contributed by atoms with van der Waals surface area (Å²) in [7, 11) is 1.50. The molecular formula is C19H14ClF2N3O. The van der Waals surface area contributed by atoms with Gasteiger partial charge in [0.1, 0.15) is 5.82 Å². The van der Waals surface area contributed by atoms with E-state index in [1.807, 2.05) is 0 Å². The predicted octanol–water partition coefficient (Wildman–Crippen LogP) is 4.94. The molecule has 2 heterocycles. The Bertz CT molecular complexity index is 1040. The summed E-state index contributed by atoms with van der Waals surface area (Å²) in [5.74, 6) is -1.35. The molecule has 3 aromatic rings. The van der Waals surface area contributed by atoms with E-state index in [2.05, 4.69) is 9.97 Å². The van der Waals surface area contributed by atoms with Crippen molar-refractivity contribution in [1.82, 2.24) is 9.97 Å². The molecule has 1 aliphatic rings. The van der Waals surface area contributed by atoms with Crippen molar-refractivity contribution in [1.29, 1.82) is 0 Å². The number of anilines is 1. The summed E-state index contributed by atoms with van der Waals surface area (Å²) in [4.78, 5) is 8.62. The Hall–Kier alpha value is -2.70. The number of imidazole rings is 1. The van der Waals surface area contributed by atoms with Gasteiger partial charge in [-0.05, 0) is 42.0 Å². The highest BCUT2D eigenvalue weighted by Crippen LogP contribution is 2.35. The van der Waals surface area contributed by atoms with Gasteiger partial charge in [0, 0.05) is 13.3 Å². The monoisotopic (exact) mass is 373 g/mol. The summed E-state index contributed by atoms with van der Waals surface area (Å²) in [5.41, 5.74) is 1.86. The van der Waals surface area contributed by atoms with E-state index in [1.54, 1.807) is 36.6 Å². The van der Waals surface area contributed by atoms with E-state index < -0.39 is 17.9 Å². The number of aromatic nitrogens is 2. The Kier molecular flexibility index (Phi) is 4.22. The van der Waals surface area contributed by atoms with Gasteiger partial charge in [-0.15, -0.1) is 0 Å². The number of methoxy groups -OCH3 is 1. The first-order valence-electron chi connectivity index (χ1n) is 7.86. The van der Waals surface area contributed by atoms with Crippen molar-refractivity contribution in [2.24, 2.45) is 0 Å². The lowest BCUT2D eigenvalue weighted by atomic mass is 10.0. The smallest absolute Gasteiger partial charge is 0.157 e. The van der Waals surface area contributed by atoms with Gasteiger partial charge in [0.15, 0.2) is 12.0 Å². The summed E-state index contributed by atoms with van der Waals surface area (Å²) in [6, 6.07) is 7.63. The fourth-order valence-corrected chi connectivity index (χ4v) is 3.19. The van der Waals surface area contributed by atoms with Crippen LogP contribution in [0.1, 0.15) is 0 Å². The zero-order valence-electron chi connectivity index (χ0n) is 13.7. The highest BCUT2D eigenvalue weighted by molar-refractivity contribution is 6.31. The molecule has 132 valence electrons. The van der Waals surface area contributed by atoms with Crippen LogP contribution < -0.4 is 4.90 Å². The topological polar surface area (TPSA) is 41.1 Å². The molecule has 1 atom stereocenters. The second kappa shape index (κ2) is 6.55. The summed E-state index contributed by atoms with van der Waals surface area (Å²) in [6.45, 7) is 0. The zero-order chi connectivity index (χ0) is 18.3. The minimum atomic E-state index is -0.696. The second-order valence-corrected chi connectivity index (χ2v) is 6.23. The van der Waals surface area contributed by atoms with Gasteiger partial charge in [-0.1, -0.05) is 17.7 Å². The van der Waals surface area contributed by atoms with E-state index in [9.17, 15) is 4.39 Å². The molecular weight excluding hydrogens is 360 g/mol. The van der Waals surface area contributed by atoms with Crippen LogP contribution in [0.4, 0.5) is 14.5 Å². The fourth-order valence-electron chi connectivity index (χ4n) is 3.01. The quantitative estimate of drug-likeness (QED) is 0.707. The molecule has 1 N–H and O–H groups in total. The van der Waals surface area contributed by atoms with Crippen molar-refractivity contribution in [3.63, 3.8) is 0 Å². The second-order valence-electron chi connectivity index (χ2n) is 5.80. The number of nitrogens with one attached hydrogen (secondary N) is 1. The van der Waals surface area contributed by atoms with Gasteiger partial charge in [-0.3, -0.25) is 0 Å². The van der Waals surface area contributed by atoms with Crippen LogP contribution in [0.5, 0.6) is 0 Å². The Balaban J connectivity index is 1.86. The first-order chi connectivity index (χ1) is 12.6. The molecule has 0 amide bonds. The van der Waals surface area contributed by atoms with E-state index in [4.69, 9.17) is 16.3 Å². The van der Waals surface area contributed by atoms with Crippen LogP contribution in [0.2, 0.25) is 0 Å². The molecule has 0 saturated heterocycles. The van der Waals surface area contributed by atoms with E-state index in [-0.39, 0.29) is 11.3 Å². The third kappa shape index (κ3) is 2.77. The Morgan fingerprint density at radius 1 is 1.23 bits per heavy atom. The first-order valence-corrected chi connectivity index (χ1v) is 8.24. The number of fused-ring (bicyclic) bond motifs is 1. The van der Waals surface area contributed by atoms with Crippen molar-refractivity contribution in [2.75, 3.05) is 12.0 Å². The van der Waals surface area contributed by atoms with Crippen LogP contribution in [0.3, 0.4) is 0 Å². The van der Waals surface area contributed by atoms with Crippen LogP contribution in [-0.4, -0.2) is 23.3 Å². The molecule has 1 aliphatic heterocycles. The maximum absolute atomic E-state index is 15.3. The Morgan fingerprint density at radius 2 is 2.08 bits per heavy atom. The number of ether oxygens (including phenoxy) is 1. The molecule has 0 spiro atoms. The average molecular weight is 374 g/mol. The van der Waals surface area contributed by atoms with Gasteiger partial charge in [0.05, 0.1) is 33.6 Å². The highest BCUT2D eigenvalue weighted by atomic mass is 35.5. The van der Waals surface area contributed by atoms with Crippen molar-refractivity contribution in [3.8, 4) is 11.1 Å². The van der Waals surface area contributed by atoms with E-state index in [1.165, 1.54) is 30.5 Å². The zero-order valence-corrected chi connectivity index (χ0v) is 14.5. The Labute approximate surface area is 153 Å². The van der Waals surface area contributed by atoms with Gasteiger partial charge >= 0.3 is 0 Å². The summed E-state index contributed by atoms with van der Waals surface area (Å²) >= 11 is 6.05. The number of aromatic amines is 1. The number of hydrogen-bond acceptors (Lipinski definition) is 3. The van der Waals surface area contributed by atoms with Crippen LogP contribution in [0.15, 0.2) is 60.0 Å². The van der Waals surface area contributed by atoms with Crippen molar-refractivity contribution >= 4 is 28.3 Å². The molecule has 26 heavy (non-hydrogen) atoms. The molecule has 4 nitrogen and oxygen atoms in total. The number of hydrogen-bond donors (Lipinski definition) is 1. The normalized spacial score (nSPS) is 17.0. The van der Waals surface area contributed by atoms with E-state index in [0.717, 1.165) is 5.52 Å². The van der Waals surface area contributed by atoms with Crippen molar-refractivity contribution < 1.29 is 13.5 Å². The maximum atomic E-state index is 15.3. The Morgan fingerprint density at radius 3 is 2.88 bits per heavy atom. The third-order valence-electron chi connectivity index (χ3n) is 4.26. The van der Waals surface area contributed by atoms with Crippen molar-refractivity contribution in [3.05, 3.63) is 71.7 Å². The highest BCUT2D eigenvalue weighted by Gasteiger charge is 2.24. The van der Waals surface area contributed by atoms with E-state index in [0.29, 0.717) is 16.1 Å². The minimum absolute atomic E-state index is 0.124. The lowest BCUT2D eigenvalue weighted by Crippen LogP contribution is -2.33. The molecule has 1 aromatic heterocycles. The molecule has 0 aliphatic carbocycles. The van der Waals surface area contributed by atoms with Gasteiger partial charge < -0.3 is 14.6 Å². The minimum Gasteiger partial charge on any atom is -0.358 e. The van der Waals surface area contributed by atoms with Gasteiger partial charge in [-0.2, -0.15) is 0 Å². The fraction of sp³-hybridized carbons (Fsp3) is 0.105. The standard InChI is InChI=1S/C19H14ClF2N3O/c1-26-17-7-3-12(20)9-25(17)16-6-4-13(21)18(19(16)22)11-2-5-14-15(8-11)24-10-23-14/h2-10,17H,1H3,(H,23,24). The lowest BCUT2D eigenvalue weighted by molar-refractivity contribution is 0.143. The number of H-pyrrole nitrogens is 1. The summed E-state index contributed by atoms with van der Waals surface area (Å²) in [5, 5.41) is 0.418. The number of rotatable bonds is 3. The molecule has 7 heteroatoms. The molecule has 1 unspecified atom stereocenters. The van der Waals surface area contributed by atoms with Gasteiger partial charge in [0.2, 0.25) is 0 Å². The SMILES string of the molecule is COC1C=CC(Cl)=CN1c1ccc(F)c(-c2ccc3[nH]cnc3c2)c1F. The molecule has 0 saturated carbocycles. The summed E-state index contributed by atoms with van der Waals surface area (Å²) in [6.07, 6.45) is 5.90. The average Bonchev–Trinajstić information content (AvgIpc) is 3.10. The first kappa shape index (κ1) is 16.8. The molecule has 0 fully saturated rings. The van der Waals surface area contributed by atoms with E-state index >= 15 is 4.39 Å². The van der Waals surface area contributed by atoms with Crippen LogP contribution >= 0.6 is 11.6 Å². The van der Waals surface area contributed by atoms with Crippen LogP contribution in [0, 0.1) is 11.6 Å². The number of halogens is 3. The number of allylic oxidation sites excluding steroid dienone is 2. The number of benzene rings is 2. The lowest BCUT2D eigenvalue weighted by Gasteiger charge is -2.30. The number of nitrogens with zero attached hydrogens (tertiary/aromatic N) is 2. The third-order valence-corrected chi connectivity index (χ3v) is 4.48. The molecule has 4 rings (SSSR count). The van der Waals surface area contributed by atoms with Gasteiger partial charge in [-0.25, -0.2) is 13.8 Å².